The van der Waals surface area contributed by atoms with Gasteiger partial charge in [0.25, 0.3) is 5.69 Å². The minimum Gasteiger partial charge on any atom is -1.00 e. The van der Waals surface area contributed by atoms with Crippen LogP contribution < -0.4 is 31.0 Å². The molecule has 0 aliphatic heterocycles. The Kier molecular flexibility index (Phi) is 11.5. The number of hydrogen-bond donors (Lipinski definition) is 0. The molecule has 0 amide bonds. The first-order valence-electron chi connectivity index (χ1n) is 13.8. The fourth-order valence-corrected chi connectivity index (χ4v) is 4.41. The topological polar surface area (TPSA) is 87.5 Å². The molecule has 0 saturated heterocycles. The van der Waals surface area contributed by atoms with Gasteiger partial charge in [-0.05, 0) is 48.4 Å². The Morgan fingerprint density at radius 3 is 2.22 bits per heavy atom. The summed E-state index contributed by atoms with van der Waals surface area (Å²) in [6.07, 6.45) is 7.40. The smallest absolute Gasteiger partial charge is 0.269 e. The molecule has 4 aromatic rings. The number of halogens is 1. The first-order valence-corrected chi connectivity index (χ1v) is 13.8. The number of aromatic nitrogens is 2. The van der Waals surface area contributed by atoms with Crippen molar-refractivity contribution in [1.29, 1.82) is 0 Å². The molecule has 3 aromatic carbocycles. The van der Waals surface area contributed by atoms with Crippen molar-refractivity contribution >= 4 is 22.2 Å². The Bertz CT molecular complexity index is 1460. The molecule has 9 heteroatoms. The number of benzene rings is 3. The lowest BCUT2D eigenvalue weighted by Crippen LogP contribution is -3.00. The van der Waals surface area contributed by atoms with Crippen LogP contribution in [0.5, 0.6) is 11.5 Å². The maximum absolute atomic E-state index is 13.7. The van der Waals surface area contributed by atoms with Gasteiger partial charge in [0.15, 0.2) is 6.54 Å². The number of ether oxygens (including phenoxy) is 2. The fourth-order valence-electron chi connectivity index (χ4n) is 4.41. The fraction of sp³-hybridized carbons (Fsp3) is 0.375. The summed E-state index contributed by atoms with van der Waals surface area (Å²) < 4.78 is 16.3. The van der Waals surface area contributed by atoms with Crippen molar-refractivity contribution in [1.82, 2.24) is 4.57 Å². The summed E-state index contributed by atoms with van der Waals surface area (Å²) in [5, 5.41) is 12.7. The van der Waals surface area contributed by atoms with Crippen LogP contribution in [-0.2, 0) is 13.1 Å². The molecule has 0 unspecified atom stereocenters. The van der Waals surface area contributed by atoms with Crippen LogP contribution in [0.25, 0.3) is 10.8 Å². The van der Waals surface area contributed by atoms with E-state index in [0.717, 1.165) is 29.2 Å². The summed E-state index contributed by atoms with van der Waals surface area (Å²) in [7, 11) is 0. The lowest BCUT2D eigenvalue weighted by Gasteiger charge is -2.18. The molecular formula is C32H38BrN3O5. The third-order valence-corrected chi connectivity index (χ3v) is 6.74. The summed E-state index contributed by atoms with van der Waals surface area (Å²) in [6, 6.07) is 16.2. The van der Waals surface area contributed by atoms with Gasteiger partial charge in [0.2, 0.25) is 12.1 Å². The highest BCUT2D eigenvalue weighted by molar-refractivity contribution is 6.06. The van der Waals surface area contributed by atoms with Crippen molar-refractivity contribution in [3.05, 3.63) is 94.6 Å². The maximum Gasteiger partial charge on any atom is 0.269 e. The Hall–Kier alpha value is -3.72. The maximum atomic E-state index is 13.7. The number of Topliss-reactive ketones (excluding diaryl/α,β-unsaturated/α-hetero) is 1. The van der Waals surface area contributed by atoms with Gasteiger partial charge in [-0.25, -0.2) is 9.13 Å². The molecule has 0 saturated carbocycles. The van der Waals surface area contributed by atoms with E-state index in [1.54, 1.807) is 12.1 Å². The van der Waals surface area contributed by atoms with Gasteiger partial charge in [-0.2, -0.15) is 0 Å². The Labute approximate surface area is 251 Å². The highest BCUT2D eigenvalue weighted by Crippen LogP contribution is 2.37. The summed E-state index contributed by atoms with van der Waals surface area (Å²) in [5.74, 6) is 2.21. The van der Waals surface area contributed by atoms with Crippen LogP contribution in [0.4, 0.5) is 5.69 Å². The Morgan fingerprint density at radius 1 is 0.951 bits per heavy atom. The van der Waals surface area contributed by atoms with Crippen LogP contribution >= 0.6 is 0 Å². The monoisotopic (exact) mass is 623 g/mol. The van der Waals surface area contributed by atoms with Crippen molar-refractivity contribution in [2.75, 3.05) is 13.2 Å². The van der Waals surface area contributed by atoms with E-state index in [1.807, 2.05) is 58.2 Å². The third-order valence-electron chi connectivity index (χ3n) is 6.74. The zero-order valence-corrected chi connectivity index (χ0v) is 25.7. The van der Waals surface area contributed by atoms with E-state index >= 15 is 0 Å². The highest BCUT2D eigenvalue weighted by atomic mass is 79.9. The molecule has 1 aromatic heterocycles. The van der Waals surface area contributed by atoms with Crippen LogP contribution in [0.3, 0.4) is 0 Å². The third kappa shape index (κ3) is 8.63. The lowest BCUT2D eigenvalue weighted by atomic mass is 10.0. The van der Waals surface area contributed by atoms with Crippen molar-refractivity contribution in [2.24, 2.45) is 11.8 Å². The van der Waals surface area contributed by atoms with Crippen molar-refractivity contribution in [2.45, 2.75) is 53.6 Å². The largest absolute Gasteiger partial charge is 1.00 e. The van der Waals surface area contributed by atoms with Crippen molar-refractivity contribution in [3.63, 3.8) is 0 Å². The zero-order valence-electron chi connectivity index (χ0n) is 24.1. The Balaban J connectivity index is 0.00000462. The van der Waals surface area contributed by atoms with Gasteiger partial charge < -0.3 is 26.5 Å². The first-order chi connectivity index (χ1) is 19.2. The average Bonchev–Trinajstić information content (AvgIpc) is 3.35. The molecule has 0 aliphatic carbocycles. The molecule has 0 radical (unpaired) electrons. The molecule has 0 fully saturated rings. The van der Waals surface area contributed by atoms with Crippen LogP contribution in [0.1, 0.15) is 56.5 Å². The molecule has 8 nitrogen and oxygen atoms in total. The van der Waals surface area contributed by atoms with E-state index in [-0.39, 0.29) is 35.0 Å². The van der Waals surface area contributed by atoms with Crippen LogP contribution in [0, 0.1) is 22.0 Å². The summed E-state index contributed by atoms with van der Waals surface area (Å²) >= 11 is 0. The average molecular weight is 625 g/mol. The number of non-ortho nitro benzene ring substituents is 1. The minimum absolute atomic E-state index is 0. The molecular weight excluding hydrogens is 586 g/mol. The predicted molar refractivity (Wildman–Crippen MR) is 155 cm³/mol. The van der Waals surface area contributed by atoms with Gasteiger partial charge in [-0.1, -0.05) is 52.0 Å². The Morgan fingerprint density at radius 2 is 1.59 bits per heavy atom. The van der Waals surface area contributed by atoms with E-state index in [2.05, 4.69) is 27.7 Å². The number of hydrogen-bond acceptors (Lipinski definition) is 5. The minimum atomic E-state index is -0.409. The number of carbonyl (C=O) groups excluding carboxylic acids is 1. The van der Waals surface area contributed by atoms with E-state index in [4.69, 9.17) is 9.47 Å². The molecule has 41 heavy (non-hydrogen) atoms. The molecule has 0 bridgehead atoms. The summed E-state index contributed by atoms with van der Waals surface area (Å²) in [6.45, 7) is 10.4. The molecule has 0 atom stereocenters. The van der Waals surface area contributed by atoms with Crippen molar-refractivity contribution in [3.8, 4) is 11.5 Å². The number of rotatable bonds is 14. The SMILES string of the molecule is CC(C)CCOc1cc(C(=O)C[n+]2ccn(Cc3ccc([N+](=O)[O-])cc3)c2)c(OCCC(C)C)c2ccccc12.[Br-]. The van der Waals surface area contributed by atoms with Gasteiger partial charge in [0.1, 0.15) is 30.4 Å². The zero-order chi connectivity index (χ0) is 28.6. The number of nitrogens with zero attached hydrogens (tertiary/aromatic N) is 3. The molecule has 0 spiro atoms. The summed E-state index contributed by atoms with van der Waals surface area (Å²) in [5.41, 5.74) is 1.50. The molecule has 1 heterocycles. The number of imidazole rings is 1. The quantitative estimate of drug-likeness (QED) is 0.0927. The second-order valence-corrected chi connectivity index (χ2v) is 11.0. The number of nitro benzene ring substituents is 1. The van der Waals surface area contributed by atoms with Gasteiger partial charge in [0.05, 0.1) is 23.7 Å². The normalized spacial score (nSPS) is 11.1. The molecule has 0 N–H and O–H groups in total. The van der Waals surface area contributed by atoms with E-state index < -0.39 is 4.92 Å². The van der Waals surface area contributed by atoms with Gasteiger partial charge in [0, 0.05) is 22.9 Å². The van der Waals surface area contributed by atoms with E-state index in [9.17, 15) is 14.9 Å². The summed E-state index contributed by atoms with van der Waals surface area (Å²) in [4.78, 5) is 24.3. The number of nitro groups is 1. The molecule has 0 aliphatic rings. The van der Waals surface area contributed by atoms with E-state index in [0.29, 0.717) is 48.7 Å². The predicted octanol–water partition coefficient (Wildman–Crippen LogP) is 3.62. The number of carbonyl (C=O) groups is 1. The van der Waals surface area contributed by atoms with Gasteiger partial charge >= 0.3 is 0 Å². The second-order valence-electron chi connectivity index (χ2n) is 11.0. The van der Waals surface area contributed by atoms with Crippen molar-refractivity contribution < 1.29 is 40.7 Å². The lowest BCUT2D eigenvalue weighted by molar-refractivity contribution is -0.682. The highest BCUT2D eigenvalue weighted by Gasteiger charge is 2.22. The van der Waals surface area contributed by atoms with Gasteiger partial charge in [-0.3, -0.25) is 14.9 Å². The standard InChI is InChI=1S/C32H38N3O5.BrH/c1-23(2)13-17-39-31-19-29(32(40-18-14-24(3)4)28-8-6-5-7-27(28)31)30(36)21-34-16-15-33(22-34)20-25-9-11-26(12-10-25)35(37)38;/h5-12,15-16,19,22-24H,13-14,17-18,20-21H2,1-4H3;1H/q+1;/p-1. The first kappa shape index (κ1) is 31.8. The number of fused-ring (bicyclic) bond motifs is 1. The van der Waals surface area contributed by atoms with Crippen LogP contribution in [0.2, 0.25) is 0 Å². The van der Waals surface area contributed by atoms with E-state index in [1.165, 1.54) is 12.1 Å². The second kappa shape index (κ2) is 14.8. The van der Waals surface area contributed by atoms with Crippen LogP contribution in [0.15, 0.2) is 73.3 Å². The van der Waals surface area contributed by atoms with Crippen LogP contribution in [-0.4, -0.2) is 28.5 Å². The molecule has 4 rings (SSSR count). The molecule has 218 valence electrons. The number of ketones is 1. The van der Waals surface area contributed by atoms with Gasteiger partial charge in [-0.15, -0.1) is 0 Å².